The first-order chi connectivity index (χ1) is 12.5. The van der Waals surface area contributed by atoms with E-state index in [1.165, 1.54) is 0 Å². The molecule has 0 saturated carbocycles. The summed E-state index contributed by atoms with van der Waals surface area (Å²) in [5.41, 5.74) is 3.32. The van der Waals surface area contributed by atoms with Gasteiger partial charge >= 0.3 is 0 Å². The molecule has 2 heterocycles. The SMILES string of the molecule is Cc1nnc(N2CCC(OCc3ccc(Cl)c(Cl)c3)CC2)c(C#N)c1C. The number of rotatable bonds is 4. The standard InChI is InChI=1S/C19H20Cl2N4O/c1-12-13(2)23-24-19(16(12)10-22)25-7-5-15(6-8-25)26-11-14-3-4-17(20)18(21)9-14/h3-4,9,15H,5-8,11H2,1-2H3. The second kappa shape index (κ2) is 8.22. The Kier molecular flexibility index (Phi) is 5.98. The third-order valence-electron chi connectivity index (χ3n) is 4.76. The van der Waals surface area contributed by atoms with Crippen molar-refractivity contribution < 1.29 is 4.74 Å². The highest BCUT2D eigenvalue weighted by Gasteiger charge is 2.24. The first-order valence-corrected chi connectivity index (χ1v) is 9.29. The summed E-state index contributed by atoms with van der Waals surface area (Å²) in [5, 5.41) is 19.0. The number of halogens is 2. The monoisotopic (exact) mass is 390 g/mol. The van der Waals surface area contributed by atoms with E-state index in [0.29, 0.717) is 28.0 Å². The van der Waals surface area contributed by atoms with Crippen molar-refractivity contribution in [1.29, 1.82) is 5.26 Å². The fourth-order valence-electron chi connectivity index (χ4n) is 3.03. The molecule has 0 amide bonds. The molecule has 1 aliphatic heterocycles. The van der Waals surface area contributed by atoms with E-state index >= 15 is 0 Å². The van der Waals surface area contributed by atoms with Crippen molar-refractivity contribution in [3.63, 3.8) is 0 Å². The number of nitrogens with zero attached hydrogens (tertiary/aromatic N) is 4. The number of nitriles is 1. The summed E-state index contributed by atoms with van der Waals surface area (Å²) in [6.07, 6.45) is 1.92. The van der Waals surface area contributed by atoms with Gasteiger partial charge in [-0.1, -0.05) is 29.3 Å². The molecule has 26 heavy (non-hydrogen) atoms. The van der Waals surface area contributed by atoms with Gasteiger partial charge in [0, 0.05) is 13.1 Å². The Morgan fingerprint density at radius 2 is 1.92 bits per heavy atom. The molecule has 0 aliphatic carbocycles. The highest BCUT2D eigenvalue weighted by molar-refractivity contribution is 6.42. The lowest BCUT2D eigenvalue weighted by atomic mass is 10.1. The second-order valence-corrected chi connectivity index (χ2v) is 7.28. The topological polar surface area (TPSA) is 62.0 Å². The smallest absolute Gasteiger partial charge is 0.169 e. The molecule has 3 rings (SSSR count). The van der Waals surface area contributed by atoms with Crippen LogP contribution in [-0.4, -0.2) is 29.4 Å². The van der Waals surface area contributed by atoms with Crippen molar-refractivity contribution in [3.8, 4) is 6.07 Å². The van der Waals surface area contributed by atoms with Gasteiger partial charge in [0.05, 0.1) is 28.5 Å². The third-order valence-corrected chi connectivity index (χ3v) is 5.50. The minimum atomic E-state index is 0.172. The Hall–Kier alpha value is -1.87. The highest BCUT2D eigenvalue weighted by Crippen LogP contribution is 2.26. The van der Waals surface area contributed by atoms with Gasteiger partial charge in [0.15, 0.2) is 5.82 Å². The molecular formula is C19H20Cl2N4O. The third kappa shape index (κ3) is 4.09. The van der Waals surface area contributed by atoms with Crippen LogP contribution < -0.4 is 4.90 Å². The van der Waals surface area contributed by atoms with Gasteiger partial charge in [-0.05, 0) is 49.9 Å². The van der Waals surface area contributed by atoms with Crippen LogP contribution in [0.15, 0.2) is 18.2 Å². The Morgan fingerprint density at radius 1 is 1.19 bits per heavy atom. The van der Waals surface area contributed by atoms with E-state index in [2.05, 4.69) is 21.2 Å². The van der Waals surface area contributed by atoms with Gasteiger partial charge in [0.25, 0.3) is 0 Å². The van der Waals surface area contributed by atoms with Crippen LogP contribution in [0.4, 0.5) is 5.82 Å². The molecule has 136 valence electrons. The molecule has 0 N–H and O–H groups in total. The lowest BCUT2D eigenvalue weighted by Crippen LogP contribution is -2.38. The number of ether oxygens (including phenoxy) is 1. The van der Waals surface area contributed by atoms with Crippen LogP contribution in [0.1, 0.15) is 35.2 Å². The molecule has 1 aromatic heterocycles. The summed E-state index contributed by atoms with van der Waals surface area (Å²) in [5.74, 6) is 0.679. The molecule has 5 nitrogen and oxygen atoms in total. The van der Waals surface area contributed by atoms with E-state index in [1.807, 2.05) is 26.0 Å². The fraction of sp³-hybridized carbons (Fsp3) is 0.421. The van der Waals surface area contributed by atoms with Crippen LogP contribution in [0.25, 0.3) is 0 Å². The van der Waals surface area contributed by atoms with Crippen molar-refractivity contribution >= 4 is 29.0 Å². The lowest BCUT2D eigenvalue weighted by molar-refractivity contribution is 0.0250. The number of aryl methyl sites for hydroxylation is 1. The molecule has 2 aromatic rings. The predicted octanol–water partition coefficient (Wildman–Crippen LogP) is 4.46. The zero-order valence-corrected chi connectivity index (χ0v) is 16.3. The average molecular weight is 391 g/mol. The molecule has 1 saturated heterocycles. The van der Waals surface area contributed by atoms with E-state index in [0.717, 1.165) is 42.8 Å². The number of benzene rings is 1. The summed E-state index contributed by atoms with van der Waals surface area (Å²) in [6, 6.07) is 7.82. The molecule has 1 aliphatic rings. The van der Waals surface area contributed by atoms with E-state index < -0.39 is 0 Å². The van der Waals surface area contributed by atoms with Gasteiger partial charge < -0.3 is 9.64 Å². The van der Waals surface area contributed by atoms with Gasteiger partial charge in [0.1, 0.15) is 11.6 Å². The number of piperidine rings is 1. The number of anilines is 1. The zero-order chi connectivity index (χ0) is 18.7. The highest BCUT2D eigenvalue weighted by atomic mass is 35.5. The predicted molar refractivity (Wildman–Crippen MR) is 103 cm³/mol. The van der Waals surface area contributed by atoms with Crippen molar-refractivity contribution in [3.05, 3.63) is 50.6 Å². The van der Waals surface area contributed by atoms with Gasteiger partial charge in [0.2, 0.25) is 0 Å². The van der Waals surface area contributed by atoms with E-state index in [1.54, 1.807) is 6.07 Å². The van der Waals surface area contributed by atoms with E-state index in [4.69, 9.17) is 27.9 Å². The van der Waals surface area contributed by atoms with Gasteiger partial charge in [-0.3, -0.25) is 0 Å². The molecule has 1 fully saturated rings. The number of aromatic nitrogens is 2. The Bertz CT molecular complexity index is 842. The summed E-state index contributed by atoms with van der Waals surface area (Å²) < 4.78 is 6.02. The molecule has 0 spiro atoms. The number of hydrogen-bond acceptors (Lipinski definition) is 5. The summed E-state index contributed by atoms with van der Waals surface area (Å²) in [7, 11) is 0. The first kappa shape index (κ1) is 18.9. The minimum Gasteiger partial charge on any atom is -0.373 e. The fourth-order valence-corrected chi connectivity index (χ4v) is 3.35. The maximum atomic E-state index is 9.47. The normalized spacial score (nSPS) is 15.1. The van der Waals surface area contributed by atoms with Gasteiger partial charge in [-0.2, -0.15) is 10.4 Å². The molecule has 1 aromatic carbocycles. The van der Waals surface area contributed by atoms with E-state index in [-0.39, 0.29) is 6.10 Å². The van der Waals surface area contributed by atoms with Gasteiger partial charge in [-0.15, -0.1) is 5.10 Å². The molecule has 0 radical (unpaired) electrons. The van der Waals surface area contributed by atoms with E-state index in [9.17, 15) is 5.26 Å². The van der Waals surface area contributed by atoms with Crippen LogP contribution in [-0.2, 0) is 11.3 Å². The average Bonchev–Trinajstić information content (AvgIpc) is 2.65. The molecule has 0 unspecified atom stereocenters. The number of hydrogen-bond donors (Lipinski definition) is 0. The van der Waals surface area contributed by atoms with Crippen LogP contribution in [0, 0.1) is 25.2 Å². The lowest BCUT2D eigenvalue weighted by Gasteiger charge is -2.33. The maximum absolute atomic E-state index is 9.47. The first-order valence-electron chi connectivity index (χ1n) is 8.54. The van der Waals surface area contributed by atoms with Crippen LogP contribution in [0.2, 0.25) is 10.0 Å². The second-order valence-electron chi connectivity index (χ2n) is 6.47. The van der Waals surface area contributed by atoms with Crippen molar-refractivity contribution in [2.75, 3.05) is 18.0 Å². The molecule has 0 bridgehead atoms. The van der Waals surface area contributed by atoms with Crippen LogP contribution >= 0.6 is 23.2 Å². The molecular weight excluding hydrogens is 371 g/mol. The van der Waals surface area contributed by atoms with Crippen molar-refractivity contribution in [2.45, 2.75) is 39.4 Å². The van der Waals surface area contributed by atoms with Crippen molar-refractivity contribution in [2.24, 2.45) is 0 Å². The maximum Gasteiger partial charge on any atom is 0.169 e. The van der Waals surface area contributed by atoms with Crippen LogP contribution in [0.3, 0.4) is 0 Å². The molecule has 0 atom stereocenters. The molecule has 7 heteroatoms. The summed E-state index contributed by atoms with van der Waals surface area (Å²) in [6.45, 7) is 5.87. The Morgan fingerprint density at radius 3 is 2.58 bits per heavy atom. The van der Waals surface area contributed by atoms with Crippen molar-refractivity contribution in [1.82, 2.24) is 10.2 Å². The Balaban J connectivity index is 1.59. The zero-order valence-electron chi connectivity index (χ0n) is 14.8. The summed E-state index contributed by atoms with van der Waals surface area (Å²) >= 11 is 12.0. The quantitative estimate of drug-likeness (QED) is 0.770. The summed E-state index contributed by atoms with van der Waals surface area (Å²) in [4.78, 5) is 2.12. The minimum absolute atomic E-state index is 0.172. The largest absolute Gasteiger partial charge is 0.373 e. The Labute approximate surface area is 163 Å². The van der Waals surface area contributed by atoms with Crippen LogP contribution in [0.5, 0.6) is 0 Å². The van der Waals surface area contributed by atoms with Gasteiger partial charge in [-0.25, -0.2) is 0 Å².